The molecular weight excluding hydrogens is 374 g/mol. The number of benzene rings is 1. The number of ether oxygens (including phenoxy) is 1. The number of allylic oxidation sites excluding steroid dienone is 1. The van der Waals surface area contributed by atoms with E-state index in [1.165, 1.54) is 18.4 Å². The molecule has 1 unspecified atom stereocenters. The minimum absolute atomic E-state index is 0.211. The molecule has 4 rings (SSSR count). The van der Waals surface area contributed by atoms with Gasteiger partial charge in [-0.15, -0.1) is 0 Å². The molecule has 1 aliphatic rings. The van der Waals surface area contributed by atoms with Gasteiger partial charge in [-0.2, -0.15) is 0 Å². The Morgan fingerprint density at radius 1 is 1.18 bits per heavy atom. The molecule has 0 N–H and O–H groups in total. The van der Waals surface area contributed by atoms with Gasteiger partial charge in [-0.1, -0.05) is 47.7 Å². The van der Waals surface area contributed by atoms with Gasteiger partial charge in [0.25, 0.3) is 5.56 Å². The summed E-state index contributed by atoms with van der Waals surface area (Å²) in [5.41, 5.74) is 2.21. The van der Waals surface area contributed by atoms with Crippen LogP contribution in [0.1, 0.15) is 24.2 Å². The molecule has 0 aliphatic carbocycles. The van der Waals surface area contributed by atoms with Gasteiger partial charge in [-0.3, -0.25) is 14.3 Å². The molecule has 0 spiro atoms. The number of carbonyl (C=O) groups excluding carboxylic acids is 1. The lowest BCUT2D eigenvalue weighted by Crippen LogP contribution is -2.39. The van der Waals surface area contributed by atoms with Crippen molar-refractivity contribution in [3.8, 4) is 0 Å². The van der Waals surface area contributed by atoms with Crippen LogP contribution in [0.15, 0.2) is 75.8 Å². The maximum absolute atomic E-state index is 13.2. The van der Waals surface area contributed by atoms with E-state index in [1.807, 2.05) is 48.5 Å². The highest BCUT2D eigenvalue weighted by atomic mass is 32.1. The molecule has 1 atom stereocenters. The van der Waals surface area contributed by atoms with Gasteiger partial charge in [-0.05, 0) is 30.7 Å². The molecule has 3 heterocycles. The topological polar surface area (TPSA) is 73.6 Å². The van der Waals surface area contributed by atoms with E-state index in [2.05, 4.69) is 9.98 Å². The number of thiazole rings is 1. The predicted molar refractivity (Wildman–Crippen MR) is 106 cm³/mol. The summed E-state index contributed by atoms with van der Waals surface area (Å²) in [4.78, 5) is 35.1. The summed E-state index contributed by atoms with van der Waals surface area (Å²) in [6, 6.07) is 14.4. The van der Waals surface area contributed by atoms with Crippen LogP contribution in [0.5, 0.6) is 0 Å². The molecule has 0 radical (unpaired) electrons. The van der Waals surface area contributed by atoms with E-state index in [0.717, 1.165) is 5.56 Å². The van der Waals surface area contributed by atoms with Gasteiger partial charge < -0.3 is 4.74 Å². The fourth-order valence-electron chi connectivity index (χ4n) is 3.24. The Balaban J connectivity index is 1.99. The molecule has 0 fully saturated rings. The standard InChI is InChI=1S/C21H17N3O3S/c1-13-17(20(26)27-2)18(14-8-4-3-5-9-14)24-19(25)16(28-21(24)23-13)12-15-10-6-7-11-22-15/h3-12,18H,1-2H3. The average molecular weight is 391 g/mol. The minimum Gasteiger partial charge on any atom is -0.466 e. The molecule has 140 valence electrons. The number of methoxy groups -OCH3 is 1. The highest BCUT2D eigenvalue weighted by Gasteiger charge is 2.32. The van der Waals surface area contributed by atoms with Crippen LogP contribution in [0.25, 0.3) is 6.08 Å². The summed E-state index contributed by atoms with van der Waals surface area (Å²) < 4.78 is 7.06. The third kappa shape index (κ3) is 3.10. The Bertz CT molecular complexity index is 1240. The Hall–Kier alpha value is -3.32. The van der Waals surface area contributed by atoms with Gasteiger partial charge in [0, 0.05) is 6.20 Å². The third-order valence-electron chi connectivity index (χ3n) is 4.51. The van der Waals surface area contributed by atoms with Gasteiger partial charge in [-0.25, -0.2) is 9.79 Å². The van der Waals surface area contributed by atoms with Crippen molar-refractivity contribution in [3.63, 3.8) is 0 Å². The predicted octanol–water partition coefficient (Wildman–Crippen LogP) is 1.80. The van der Waals surface area contributed by atoms with Crippen molar-refractivity contribution in [3.05, 3.63) is 96.9 Å². The monoisotopic (exact) mass is 391 g/mol. The number of esters is 1. The Morgan fingerprint density at radius 2 is 1.93 bits per heavy atom. The number of aromatic nitrogens is 2. The zero-order valence-corrected chi connectivity index (χ0v) is 16.1. The first-order chi connectivity index (χ1) is 13.6. The molecule has 6 nitrogen and oxygen atoms in total. The lowest BCUT2D eigenvalue weighted by atomic mass is 9.96. The molecule has 28 heavy (non-hydrogen) atoms. The Labute approximate surface area is 164 Å². The van der Waals surface area contributed by atoms with Crippen LogP contribution in [0.3, 0.4) is 0 Å². The van der Waals surface area contributed by atoms with E-state index in [9.17, 15) is 9.59 Å². The molecule has 1 aromatic carbocycles. The van der Waals surface area contributed by atoms with Crippen molar-refractivity contribution in [1.82, 2.24) is 9.55 Å². The molecule has 0 amide bonds. The fourth-order valence-corrected chi connectivity index (χ4v) is 4.27. The number of rotatable bonds is 3. The quantitative estimate of drug-likeness (QED) is 0.638. The van der Waals surface area contributed by atoms with Gasteiger partial charge in [0.15, 0.2) is 4.80 Å². The molecule has 0 bridgehead atoms. The molecular formula is C21H17N3O3S. The summed E-state index contributed by atoms with van der Waals surface area (Å²) in [5.74, 6) is -0.492. The van der Waals surface area contributed by atoms with Crippen LogP contribution in [-0.4, -0.2) is 22.6 Å². The van der Waals surface area contributed by atoms with Crippen molar-refractivity contribution in [2.45, 2.75) is 13.0 Å². The van der Waals surface area contributed by atoms with E-state index in [0.29, 0.717) is 26.3 Å². The second-order valence-electron chi connectivity index (χ2n) is 6.24. The van der Waals surface area contributed by atoms with Crippen molar-refractivity contribution < 1.29 is 9.53 Å². The van der Waals surface area contributed by atoms with E-state index in [1.54, 1.807) is 23.8 Å². The van der Waals surface area contributed by atoms with Crippen molar-refractivity contribution in [1.29, 1.82) is 0 Å². The number of carbonyl (C=O) groups is 1. The lowest BCUT2D eigenvalue weighted by molar-refractivity contribution is -0.136. The third-order valence-corrected chi connectivity index (χ3v) is 5.49. The fraction of sp³-hybridized carbons (Fsp3) is 0.143. The van der Waals surface area contributed by atoms with E-state index in [4.69, 9.17) is 4.74 Å². The summed E-state index contributed by atoms with van der Waals surface area (Å²) in [6.07, 6.45) is 3.41. The van der Waals surface area contributed by atoms with Gasteiger partial charge in [0.1, 0.15) is 0 Å². The summed E-state index contributed by atoms with van der Waals surface area (Å²) in [6.45, 7) is 1.76. The van der Waals surface area contributed by atoms with Gasteiger partial charge >= 0.3 is 5.97 Å². The number of hydrogen-bond acceptors (Lipinski definition) is 6. The normalized spacial score (nSPS) is 16.5. The van der Waals surface area contributed by atoms with Crippen LogP contribution in [0.2, 0.25) is 0 Å². The van der Waals surface area contributed by atoms with E-state index >= 15 is 0 Å². The molecule has 0 saturated heterocycles. The largest absolute Gasteiger partial charge is 0.466 e. The summed E-state index contributed by atoms with van der Waals surface area (Å²) >= 11 is 1.28. The smallest absolute Gasteiger partial charge is 0.338 e. The minimum atomic E-state index is -0.587. The van der Waals surface area contributed by atoms with Crippen LogP contribution in [0, 0.1) is 0 Å². The zero-order valence-electron chi connectivity index (χ0n) is 15.3. The average Bonchev–Trinajstić information content (AvgIpc) is 3.02. The second kappa shape index (κ2) is 7.36. The van der Waals surface area contributed by atoms with Crippen molar-refractivity contribution >= 4 is 23.4 Å². The SMILES string of the molecule is COC(=O)C1=C(C)N=c2sc(=Cc3ccccn3)c(=O)n2C1c1ccccc1. The highest BCUT2D eigenvalue weighted by molar-refractivity contribution is 7.07. The number of nitrogens with zero attached hydrogens (tertiary/aromatic N) is 3. The summed E-state index contributed by atoms with van der Waals surface area (Å²) in [5, 5.41) is 0. The zero-order chi connectivity index (χ0) is 19.7. The maximum atomic E-state index is 13.2. The lowest BCUT2D eigenvalue weighted by Gasteiger charge is -2.24. The van der Waals surface area contributed by atoms with Crippen molar-refractivity contribution in [2.24, 2.45) is 4.99 Å². The van der Waals surface area contributed by atoms with Gasteiger partial charge in [0.2, 0.25) is 0 Å². The van der Waals surface area contributed by atoms with E-state index in [-0.39, 0.29) is 5.56 Å². The Kier molecular flexibility index (Phi) is 4.75. The van der Waals surface area contributed by atoms with Crippen LogP contribution < -0.4 is 14.9 Å². The Morgan fingerprint density at radius 3 is 2.61 bits per heavy atom. The molecule has 2 aromatic heterocycles. The first kappa shape index (κ1) is 18.1. The first-order valence-corrected chi connectivity index (χ1v) is 9.48. The van der Waals surface area contributed by atoms with Crippen LogP contribution in [0.4, 0.5) is 0 Å². The van der Waals surface area contributed by atoms with Gasteiger partial charge in [0.05, 0.1) is 34.6 Å². The molecule has 7 heteroatoms. The summed E-state index contributed by atoms with van der Waals surface area (Å²) in [7, 11) is 1.33. The van der Waals surface area contributed by atoms with Crippen LogP contribution >= 0.6 is 11.3 Å². The van der Waals surface area contributed by atoms with E-state index < -0.39 is 12.0 Å². The molecule has 1 aliphatic heterocycles. The highest BCUT2D eigenvalue weighted by Crippen LogP contribution is 2.30. The number of hydrogen-bond donors (Lipinski definition) is 0. The van der Waals surface area contributed by atoms with Crippen molar-refractivity contribution in [2.75, 3.05) is 7.11 Å². The number of pyridine rings is 1. The maximum Gasteiger partial charge on any atom is 0.338 e. The molecule has 0 saturated carbocycles. The molecule has 3 aromatic rings. The number of fused-ring (bicyclic) bond motifs is 1. The first-order valence-electron chi connectivity index (χ1n) is 8.67. The second-order valence-corrected chi connectivity index (χ2v) is 7.25. The van der Waals surface area contributed by atoms with Crippen LogP contribution in [-0.2, 0) is 9.53 Å².